The van der Waals surface area contributed by atoms with Crippen LogP contribution in [0.2, 0.25) is 0 Å². The molecule has 0 aliphatic carbocycles. The van der Waals surface area contributed by atoms with E-state index >= 15 is 0 Å². The Morgan fingerprint density at radius 2 is 2.07 bits per heavy atom. The lowest BCUT2D eigenvalue weighted by molar-refractivity contribution is -0.137. The number of carbonyl (C=O) groups excluding carboxylic acids is 1. The zero-order chi connectivity index (χ0) is 25.8. The first-order chi connectivity index (χ1) is 16.5. The van der Waals surface area contributed by atoms with Crippen LogP contribution in [0.15, 0.2) is 54.5 Å². The van der Waals surface area contributed by atoms with Crippen molar-refractivity contribution in [3.8, 4) is 0 Å². The average molecular weight is 384 g/mol. The van der Waals surface area contributed by atoms with Gasteiger partial charge in [-0.3, -0.25) is 4.90 Å². The fourth-order valence-electron chi connectivity index (χ4n) is 3.01. The van der Waals surface area contributed by atoms with Crippen molar-refractivity contribution < 1.29 is 19.1 Å². The number of ether oxygens (including phenoxy) is 1. The van der Waals surface area contributed by atoms with Gasteiger partial charge in [-0.05, 0) is 63.5 Å². The van der Waals surface area contributed by atoms with Crippen LogP contribution in [0.25, 0.3) is 11.6 Å². The summed E-state index contributed by atoms with van der Waals surface area (Å²) in [5.74, 6) is -0.510. The second kappa shape index (κ2) is 10.00. The molecule has 2 aromatic rings. The quantitative estimate of drug-likeness (QED) is 0.522. The molecule has 28 heavy (non-hydrogen) atoms. The van der Waals surface area contributed by atoms with Gasteiger partial charge in [0.15, 0.2) is 0 Å². The third-order valence-electron chi connectivity index (χ3n) is 4.37. The van der Waals surface area contributed by atoms with Gasteiger partial charge >= 0.3 is 5.97 Å². The zero-order valence-corrected chi connectivity index (χ0v) is 15.9. The van der Waals surface area contributed by atoms with Gasteiger partial charge in [0.25, 0.3) is 0 Å². The molecular formula is C24H28N2O2. The van der Waals surface area contributed by atoms with E-state index < -0.39 is 42.6 Å². The average Bonchev–Trinajstić information content (AvgIpc) is 3.32. The number of pyridine rings is 1. The van der Waals surface area contributed by atoms with E-state index in [0.717, 1.165) is 25.9 Å². The van der Waals surface area contributed by atoms with Crippen LogP contribution in [0.3, 0.4) is 0 Å². The molecule has 1 aromatic heterocycles. The largest absolute Gasteiger partial charge is 0.463 e. The van der Waals surface area contributed by atoms with Gasteiger partial charge in [-0.1, -0.05) is 41.9 Å². The Balaban J connectivity index is 2.15. The van der Waals surface area contributed by atoms with Crippen LogP contribution in [-0.4, -0.2) is 42.1 Å². The van der Waals surface area contributed by atoms with Gasteiger partial charge in [-0.25, -0.2) is 9.78 Å². The number of likely N-dealkylation sites (tertiary alicyclic amines) is 1. The van der Waals surface area contributed by atoms with Crippen molar-refractivity contribution in [3.05, 3.63) is 77.0 Å². The minimum absolute atomic E-state index is 0.00813. The predicted octanol–water partition coefficient (Wildman–Crippen LogP) is 4.49. The van der Waals surface area contributed by atoms with E-state index in [1.54, 1.807) is 25.1 Å². The third-order valence-corrected chi connectivity index (χ3v) is 4.37. The van der Waals surface area contributed by atoms with Crippen molar-refractivity contribution in [1.82, 2.24) is 9.88 Å². The molecule has 0 bridgehead atoms. The number of esters is 1. The summed E-state index contributed by atoms with van der Waals surface area (Å²) in [7, 11) is 0. The van der Waals surface area contributed by atoms with Gasteiger partial charge in [0.05, 0.1) is 23.5 Å². The summed E-state index contributed by atoms with van der Waals surface area (Å²) in [4.78, 5) is 18.5. The number of rotatable bonds is 7. The Labute approximate surface area is 177 Å². The summed E-state index contributed by atoms with van der Waals surface area (Å²) in [5.41, 5.74) is 0.590. The molecule has 0 amide bonds. The van der Waals surface area contributed by atoms with Crippen LogP contribution in [-0.2, 0) is 9.53 Å². The molecule has 3 rings (SSSR count). The molecule has 0 saturated carbocycles. The van der Waals surface area contributed by atoms with Gasteiger partial charge in [0.1, 0.15) is 0 Å². The van der Waals surface area contributed by atoms with Crippen molar-refractivity contribution in [2.24, 2.45) is 0 Å². The van der Waals surface area contributed by atoms with E-state index in [2.05, 4.69) is 9.88 Å². The highest BCUT2D eigenvalue weighted by molar-refractivity contribution is 5.87. The molecule has 1 aromatic carbocycles. The molecule has 1 aliphatic rings. The highest BCUT2D eigenvalue weighted by Gasteiger charge is 2.12. The van der Waals surface area contributed by atoms with Crippen molar-refractivity contribution in [1.29, 1.82) is 0 Å². The maximum Gasteiger partial charge on any atom is 0.330 e. The lowest BCUT2D eigenvalue weighted by Crippen LogP contribution is -2.19. The summed E-state index contributed by atoms with van der Waals surface area (Å²) in [6, 6.07) is 3.03. The van der Waals surface area contributed by atoms with E-state index in [0.29, 0.717) is 23.5 Å². The number of hydrogen-bond acceptors (Lipinski definition) is 4. The Morgan fingerprint density at radius 3 is 2.79 bits per heavy atom. The van der Waals surface area contributed by atoms with Crippen LogP contribution >= 0.6 is 0 Å². The molecule has 0 unspecified atom stereocenters. The molecule has 2 heterocycles. The minimum Gasteiger partial charge on any atom is -0.463 e. The van der Waals surface area contributed by atoms with Gasteiger partial charge < -0.3 is 4.74 Å². The fourth-order valence-corrected chi connectivity index (χ4v) is 3.01. The zero-order valence-electron chi connectivity index (χ0n) is 22.9. The SMILES string of the molecule is [2H]c1c([2H])c(C([2H])([2H])[2H])c([2H])c([2H])c1/C(=C/CN1CCCC1)c1cccc(/C=C/C(=O)OCC)n1. The molecule has 1 aliphatic heterocycles. The first kappa shape index (κ1) is 12.7. The second-order valence-electron chi connectivity index (χ2n) is 6.41. The number of benzene rings is 1. The van der Waals surface area contributed by atoms with Gasteiger partial charge in [0, 0.05) is 22.3 Å². The van der Waals surface area contributed by atoms with Crippen molar-refractivity contribution in [3.63, 3.8) is 0 Å². The lowest BCUT2D eigenvalue weighted by Gasteiger charge is -2.14. The fraction of sp³-hybridized carbons (Fsp3) is 0.333. The molecule has 0 spiro atoms. The molecule has 4 heteroatoms. The molecule has 146 valence electrons. The maximum atomic E-state index is 11.7. The molecule has 0 atom stereocenters. The van der Waals surface area contributed by atoms with Crippen LogP contribution in [0.4, 0.5) is 0 Å². The highest BCUT2D eigenvalue weighted by atomic mass is 16.5. The smallest absolute Gasteiger partial charge is 0.330 e. The number of carbonyl (C=O) groups is 1. The first-order valence-corrected chi connectivity index (χ1v) is 9.40. The second-order valence-corrected chi connectivity index (χ2v) is 6.41. The predicted molar refractivity (Wildman–Crippen MR) is 114 cm³/mol. The van der Waals surface area contributed by atoms with Gasteiger partial charge in [0.2, 0.25) is 0 Å². The molecule has 4 nitrogen and oxygen atoms in total. The van der Waals surface area contributed by atoms with Crippen molar-refractivity contribution in [2.45, 2.75) is 26.6 Å². The van der Waals surface area contributed by atoms with Crippen LogP contribution in [0.1, 0.15) is 51.9 Å². The highest BCUT2D eigenvalue weighted by Crippen LogP contribution is 2.23. The third kappa shape index (κ3) is 5.64. The molecule has 1 saturated heterocycles. The summed E-state index contributed by atoms with van der Waals surface area (Å²) >= 11 is 0. The Morgan fingerprint density at radius 1 is 1.29 bits per heavy atom. The van der Waals surface area contributed by atoms with E-state index in [1.807, 2.05) is 6.08 Å². The molecule has 1 fully saturated rings. The van der Waals surface area contributed by atoms with Crippen molar-refractivity contribution in [2.75, 3.05) is 26.2 Å². The van der Waals surface area contributed by atoms with E-state index in [9.17, 15) is 4.79 Å². The molecular weight excluding hydrogens is 348 g/mol. The van der Waals surface area contributed by atoms with Crippen LogP contribution in [0.5, 0.6) is 0 Å². The van der Waals surface area contributed by atoms with Crippen LogP contribution in [0, 0.1) is 6.85 Å². The van der Waals surface area contributed by atoms with E-state index in [-0.39, 0.29) is 12.2 Å². The maximum absolute atomic E-state index is 11.7. The topological polar surface area (TPSA) is 42.4 Å². The summed E-state index contributed by atoms with van der Waals surface area (Å²) in [6.45, 7) is 1.50. The first-order valence-electron chi connectivity index (χ1n) is 12.9. The van der Waals surface area contributed by atoms with Gasteiger partial charge in [-0.15, -0.1) is 0 Å². The van der Waals surface area contributed by atoms with E-state index in [1.165, 1.54) is 12.2 Å². The Bertz CT molecular complexity index is 1120. The summed E-state index contributed by atoms with van der Waals surface area (Å²) < 4.78 is 61.6. The van der Waals surface area contributed by atoms with Crippen molar-refractivity contribution >= 4 is 17.6 Å². The normalized spacial score (nSPS) is 19.3. The standard InChI is InChI=1S/C24H28N2O2/c1-3-28-24(27)14-13-21-7-6-8-23(25-21)22(15-18-26-16-4-5-17-26)20-11-9-19(2)10-12-20/h6-15H,3-5,16-18H2,1-2H3/b14-13+,22-15-/i2D3,9D,10D,11D,12D. The van der Waals surface area contributed by atoms with Crippen LogP contribution < -0.4 is 0 Å². The Hall–Kier alpha value is -2.72. The van der Waals surface area contributed by atoms with Gasteiger partial charge in [-0.2, -0.15) is 0 Å². The monoisotopic (exact) mass is 383 g/mol. The number of hydrogen-bond donors (Lipinski definition) is 0. The molecule has 0 radical (unpaired) electrons. The number of aromatic nitrogens is 1. The Kier molecular flexibility index (Phi) is 4.53. The lowest BCUT2D eigenvalue weighted by atomic mass is 10.00. The number of nitrogens with zero attached hydrogens (tertiary/aromatic N) is 2. The van der Waals surface area contributed by atoms with E-state index in [4.69, 9.17) is 14.3 Å². The molecule has 0 N–H and O–H groups in total. The summed E-state index contributed by atoms with van der Waals surface area (Å²) in [6.07, 6.45) is 6.70. The minimum atomic E-state index is -2.78. The summed E-state index contributed by atoms with van der Waals surface area (Å²) in [5, 5.41) is 0.